The number of aliphatic hydroxyl groups excluding tert-OH is 2. The SMILES string of the molecule is CC(O)CC(C)(C)O.COCCOCC(C)(C)/C(O)=C/C(=[OH+])C(C)(C)C.[Ti]. The van der Waals surface area contributed by atoms with Crippen molar-refractivity contribution < 1.29 is 51.3 Å². The predicted molar refractivity (Wildman–Crippen MR) is 106 cm³/mol. The topological polar surface area (TPSA) is 101 Å². The van der Waals surface area contributed by atoms with E-state index in [-0.39, 0.29) is 38.7 Å². The molecule has 160 valence electrons. The number of aliphatic hydroxyl groups is 3. The van der Waals surface area contributed by atoms with E-state index >= 15 is 0 Å². The molecule has 0 aliphatic rings. The van der Waals surface area contributed by atoms with Crippen LogP contribution in [-0.4, -0.2) is 64.5 Å². The first-order chi connectivity index (χ1) is 11.5. The fourth-order valence-corrected chi connectivity index (χ4v) is 1.81. The molecule has 6 nitrogen and oxygen atoms in total. The van der Waals surface area contributed by atoms with Gasteiger partial charge >= 0.3 is 5.78 Å². The number of rotatable bonds is 9. The van der Waals surface area contributed by atoms with Gasteiger partial charge < -0.3 is 24.8 Å². The van der Waals surface area contributed by atoms with Crippen molar-refractivity contribution in [2.24, 2.45) is 10.8 Å². The summed E-state index contributed by atoms with van der Waals surface area (Å²) in [6.45, 7) is 15.8. The van der Waals surface area contributed by atoms with E-state index in [2.05, 4.69) is 0 Å². The number of hydrogen-bond donors (Lipinski definition) is 3. The molecule has 0 saturated carbocycles. The predicted octanol–water partition coefficient (Wildman–Crippen LogP) is 3.23. The molecule has 0 rings (SSSR count). The van der Waals surface area contributed by atoms with E-state index in [4.69, 9.17) is 19.7 Å². The van der Waals surface area contributed by atoms with Crippen LogP contribution in [-0.2, 0) is 31.2 Å². The van der Waals surface area contributed by atoms with E-state index in [1.807, 2.05) is 34.6 Å². The van der Waals surface area contributed by atoms with Gasteiger partial charge in [-0.3, -0.25) is 4.79 Å². The average Bonchev–Trinajstić information content (AvgIpc) is 2.40. The average molecular weight is 425 g/mol. The molecule has 0 aliphatic heterocycles. The normalized spacial score (nSPS) is 14.0. The van der Waals surface area contributed by atoms with Gasteiger partial charge in [0.2, 0.25) is 0 Å². The van der Waals surface area contributed by atoms with E-state index in [0.717, 1.165) is 0 Å². The molecule has 0 aromatic rings. The van der Waals surface area contributed by atoms with Crippen molar-refractivity contribution in [3.63, 3.8) is 0 Å². The summed E-state index contributed by atoms with van der Waals surface area (Å²) >= 11 is 0. The summed E-state index contributed by atoms with van der Waals surface area (Å²) in [5.41, 5.74) is -1.64. The van der Waals surface area contributed by atoms with Crippen molar-refractivity contribution in [3.05, 3.63) is 11.8 Å². The Morgan fingerprint density at radius 3 is 1.85 bits per heavy atom. The van der Waals surface area contributed by atoms with Gasteiger partial charge in [0.05, 0.1) is 43.0 Å². The van der Waals surface area contributed by atoms with Gasteiger partial charge in [0.25, 0.3) is 0 Å². The number of hydrogen-bond acceptors (Lipinski definition) is 5. The summed E-state index contributed by atoms with van der Waals surface area (Å²) in [5.74, 6) is 0.275. The van der Waals surface area contributed by atoms with Crippen LogP contribution in [0, 0.1) is 10.8 Å². The van der Waals surface area contributed by atoms with Crippen LogP contribution in [0.3, 0.4) is 0 Å². The molecule has 0 fully saturated rings. The number of allylic oxidation sites excluding steroid dienone is 1. The van der Waals surface area contributed by atoms with E-state index in [9.17, 15) is 9.90 Å². The molecule has 0 heterocycles. The first-order valence-electron chi connectivity index (χ1n) is 8.97. The Bertz CT molecular complexity index is 431. The Morgan fingerprint density at radius 1 is 1.07 bits per heavy atom. The van der Waals surface area contributed by atoms with Gasteiger partial charge in [0, 0.05) is 40.7 Å². The van der Waals surface area contributed by atoms with Gasteiger partial charge in [0.15, 0.2) is 0 Å². The van der Waals surface area contributed by atoms with Crippen LogP contribution in [0.5, 0.6) is 0 Å². The Morgan fingerprint density at radius 2 is 1.56 bits per heavy atom. The standard InChI is InChI=1S/C14H26O4.C6H14O2.Ti/c1-13(2,3)11(15)9-12(16)14(4,5)10-18-8-7-17-6;1-5(7)4-6(2,3)8;/h9,16H,7-8,10H2,1-6H3;5,7-8H,4H2,1-3H3;/p+1/b12-9-;;. The van der Waals surface area contributed by atoms with Crippen molar-refractivity contribution in [3.8, 4) is 0 Å². The van der Waals surface area contributed by atoms with Crippen molar-refractivity contribution in [2.75, 3.05) is 26.9 Å². The molecular formula is C20H41O6Ti+. The molecule has 0 saturated heterocycles. The first kappa shape index (κ1) is 31.5. The van der Waals surface area contributed by atoms with Crippen molar-refractivity contribution in [1.29, 1.82) is 0 Å². The van der Waals surface area contributed by atoms with Gasteiger partial charge in [-0.2, -0.15) is 0 Å². The van der Waals surface area contributed by atoms with E-state index < -0.39 is 17.1 Å². The van der Waals surface area contributed by atoms with Crippen LogP contribution in [0.2, 0.25) is 0 Å². The summed E-state index contributed by atoms with van der Waals surface area (Å²) in [4.78, 5) is 9.85. The molecule has 0 bridgehead atoms. The molecule has 0 spiro atoms. The summed E-state index contributed by atoms with van der Waals surface area (Å²) in [6, 6.07) is 0. The molecule has 7 heteroatoms. The molecule has 4 N–H and O–H groups in total. The van der Waals surface area contributed by atoms with Crippen LogP contribution in [0.15, 0.2) is 11.8 Å². The Labute approximate surface area is 180 Å². The molecule has 0 radical (unpaired) electrons. The molecule has 1 unspecified atom stereocenters. The maximum absolute atomic E-state index is 10.0. The third kappa shape index (κ3) is 18.9. The molecule has 27 heavy (non-hydrogen) atoms. The molecule has 1 atom stereocenters. The fourth-order valence-electron chi connectivity index (χ4n) is 1.81. The van der Waals surface area contributed by atoms with E-state index in [1.54, 1.807) is 27.9 Å². The van der Waals surface area contributed by atoms with E-state index in [1.165, 1.54) is 6.08 Å². The second-order valence-electron chi connectivity index (χ2n) is 8.96. The zero-order valence-electron chi connectivity index (χ0n) is 18.6. The van der Waals surface area contributed by atoms with Crippen LogP contribution in [0.1, 0.15) is 61.8 Å². The monoisotopic (exact) mass is 425 g/mol. The number of ether oxygens (including phenoxy) is 2. The minimum absolute atomic E-state index is 0. The van der Waals surface area contributed by atoms with Gasteiger partial charge in [-0.15, -0.1) is 0 Å². The summed E-state index contributed by atoms with van der Waals surface area (Å²) in [6.07, 6.45) is 1.45. The smallest absolute Gasteiger partial charge is 0.325 e. The van der Waals surface area contributed by atoms with E-state index in [0.29, 0.717) is 26.2 Å². The summed E-state index contributed by atoms with van der Waals surface area (Å²) in [7, 11) is 1.61. The Hall–Kier alpha value is -0.236. The van der Waals surface area contributed by atoms with Gasteiger partial charge in [0.1, 0.15) is 5.76 Å². The quantitative estimate of drug-likeness (QED) is 0.173. The van der Waals surface area contributed by atoms with Crippen LogP contribution >= 0.6 is 0 Å². The van der Waals surface area contributed by atoms with Gasteiger partial charge in [-0.1, -0.05) is 13.8 Å². The largest absolute Gasteiger partial charge is 0.511 e. The van der Waals surface area contributed by atoms with Crippen LogP contribution in [0.4, 0.5) is 0 Å². The van der Waals surface area contributed by atoms with Gasteiger partial charge in [-0.25, -0.2) is 0 Å². The van der Waals surface area contributed by atoms with Crippen LogP contribution < -0.4 is 0 Å². The molecule has 0 amide bonds. The summed E-state index contributed by atoms with van der Waals surface area (Å²) < 4.78 is 10.3. The maximum Gasteiger partial charge on any atom is 0.325 e. The zero-order valence-corrected chi connectivity index (χ0v) is 20.2. The third-order valence-electron chi connectivity index (χ3n) is 3.42. The second-order valence-corrected chi connectivity index (χ2v) is 8.96. The van der Waals surface area contributed by atoms with Crippen LogP contribution in [0.25, 0.3) is 0 Å². The molecule has 0 aromatic heterocycles. The fraction of sp³-hybridized carbons (Fsp3) is 0.850. The second kappa shape index (κ2) is 13.9. The zero-order chi connectivity index (χ0) is 21.2. The molecule has 0 aliphatic carbocycles. The Balaban J connectivity index is -0.000000542. The van der Waals surface area contributed by atoms with Crippen molar-refractivity contribution in [2.45, 2.75) is 73.5 Å². The number of ketones is 1. The molecular weight excluding hydrogens is 384 g/mol. The number of carbonyl (C=O) groups excluding carboxylic acids is 1. The van der Waals surface area contributed by atoms with Crippen molar-refractivity contribution in [1.82, 2.24) is 0 Å². The number of methoxy groups -OCH3 is 1. The van der Waals surface area contributed by atoms with Crippen molar-refractivity contribution >= 4 is 5.78 Å². The summed E-state index contributed by atoms with van der Waals surface area (Å²) in [5, 5.41) is 27.8. The first-order valence-corrected chi connectivity index (χ1v) is 8.97. The third-order valence-corrected chi connectivity index (χ3v) is 3.42. The minimum atomic E-state index is -0.728. The maximum atomic E-state index is 10.0. The van der Waals surface area contributed by atoms with Gasteiger partial charge in [-0.05, 0) is 41.5 Å². The molecule has 0 aromatic carbocycles. The Kier molecular flexibility index (Phi) is 16.1. The minimum Gasteiger partial charge on any atom is -0.511 e.